The highest BCUT2D eigenvalue weighted by Gasteiger charge is 2.19. The number of aliphatic hydroxyl groups excluding tert-OH is 1. The Bertz CT molecular complexity index is 1210. The zero-order valence-corrected chi connectivity index (χ0v) is 16.7. The van der Waals surface area contributed by atoms with Crippen LogP contribution in [-0.2, 0) is 16.6 Å². The molecule has 1 aromatic carbocycles. The summed E-state index contributed by atoms with van der Waals surface area (Å²) in [5, 5.41) is 36.2. The fourth-order valence-electron chi connectivity index (χ4n) is 2.48. The fraction of sp³-hybridized carbons (Fsp3) is 0.235. The van der Waals surface area contributed by atoms with E-state index < -0.39 is 27.4 Å². The molecule has 1 aromatic heterocycles. The van der Waals surface area contributed by atoms with Gasteiger partial charge in [0.25, 0.3) is 15.6 Å². The lowest BCUT2D eigenvalue weighted by Gasteiger charge is -2.12. The number of aromatic hydroxyl groups is 1. The van der Waals surface area contributed by atoms with Gasteiger partial charge < -0.3 is 21.7 Å². The summed E-state index contributed by atoms with van der Waals surface area (Å²) >= 11 is 0. The number of azo groups is 1. The average molecular weight is 433 g/mol. The van der Waals surface area contributed by atoms with E-state index >= 15 is 0 Å². The van der Waals surface area contributed by atoms with Gasteiger partial charge in [0.2, 0.25) is 11.8 Å². The molecule has 2 rings (SSSR count). The number of nitrogens with zero attached hydrogens (tertiary/aromatic N) is 5. The summed E-state index contributed by atoms with van der Waals surface area (Å²) in [6, 6.07) is 6.88. The van der Waals surface area contributed by atoms with Crippen LogP contribution in [-0.4, -0.2) is 35.8 Å². The monoisotopic (exact) mass is 433 g/mol. The Labute approximate surface area is 171 Å². The molecule has 0 saturated carbocycles. The molecule has 0 atom stereocenters. The van der Waals surface area contributed by atoms with E-state index in [0.29, 0.717) is 0 Å². The molecule has 30 heavy (non-hydrogen) atoms. The number of sulfonamides is 1. The van der Waals surface area contributed by atoms with Crippen molar-refractivity contribution in [1.29, 1.82) is 5.26 Å². The molecule has 0 amide bonds. The van der Waals surface area contributed by atoms with Gasteiger partial charge in [0, 0.05) is 18.7 Å². The topological polar surface area (TPSA) is 210 Å². The van der Waals surface area contributed by atoms with Gasteiger partial charge >= 0.3 is 0 Å². The van der Waals surface area contributed by atoms with E-state index in [9.17, 15) is 23.6 Å². The highest BCUT2D eigenvalue weighted by Crippen LogP contribution is 2.27. The maximum Gasteiger partial charge on any atom is 0.285 e. The van der Waals surface area contributed by atoms with Gasteiger partial charge in [0.15, 0.2) is 5.69 Å². The highest BCUT2D eigenvalue weighted by atomic mass is 32.2. The van der Waals surface area contributed by atoms with E-state index in [1.807, 2.05) is 6.07 Å². The lowest BCUT2D eigenvalue weighted by Crippen LogP contribution is -2.24. The first-order valence-electron chi connectivity index (χ1n) is 8.47. The molecule has 2 aromatic rings. The average Bonchev–Trinajstić information content (AvgIpc) is 2.67. The molecule has 12 nitrogen and oxygen atoms in total. The van der Waals surface area contributed by atoms with Crippen LogP contribution >= 0.6 is 0 Å². The Morgan fingerprint density at radius 2 is 1.87 bits per heavy atom. The standard InChI is InChI=1S/C17H19N7O5S/c1-10-13(9-18)15(26)24(7-2-8-25)16(27)14(10)22-21-11-3-5-12(6-4-11)30(28,29)23-17(19)20/h3-6,25-26H,2,7-8H2,1H3,(H4,19,20,23). The second-order valence-corrected chi connectivity index (χ2v) is 7.61. The van der Waals surface area contributed by atoms with Crippen LogP contribution in [0.1, 0.15) is 17.5 Å². The number of pyridine rings is 1. The third-order valence-corrected chi connectivity index (χ3v) is 5.25. The smallest absolute Gasteiger partial charge is 0.285 e. The first-order chi connectivity index (χ1) is 14.1. The Balaban J connectivity index is 2.46. The summed E-state index contributed by atoms with van der Waals surface area (Å²) in [7, 11) is -4.06. The Kier molecular flexibility index (Phi) is 6.88. The second-order valence-electron chi connectivity index (χ2n) is 6.00. The van der Waals surface area contributed by atoms with Crippen LogP contribution in [0.15, 0.2) is 48.6 Å². The van der Waals surface area contributed by atoms with Gasteiger partial charge in [-0.2, -0.15) is 18.8 Å². The molecule has 0 saturated heterocycles. The molecule has 0 aliphatic heterocycles. The van der Waals surface area contributed by atoms with E-state index in [-0.39, 0.29) is 47.0 Å². The molecule has 0 radical (unpaired) electrons. The summed E-state index contributed by atoms with van der Waals surface area (Å²) in [5.41, 5.74) is 9.54. The van der Waals surface area contributed by atoms with Crippen LogP contribution in [0.25, 0.3) is 0 Å². The van der Waals surface area contributed by atoms with E-state index in [1.54, 1.807) is 0 Å². The second kappa shape index (κ2) is 9.16. The molecule has 0 aliphatic carbocycles. The number of nitrogens with two attached hydrogens (primary N) is 2. The fourth-order valence-corrected chi connectivity index (χ4v) is 3.34. The Morgan fingerprint density at radius 1 is 1.23 bits per heavy atom. The minimum atomic E-state index is -4.06. The number of benzene rings is 1. The maximum atomic E-state index is 12.6. The SMILES string of the molecule is Cc1c(C#N)c(O)n(CCCO)c(=O)c1N=Nc1ccc(S(=O)(=O)N=C(N)N)cc1. The van der Waals surface area contributed by atoms with Crippen LogP contribution in [0.2, 0.25) is 0 Å². The summed E-state index contributed by atoms with van der Waals surface area (Å²) in [4.78, 5) is 12.5. The Morgan fingerprint density at radius 3 is 2.40 bits per heavy atom. The van der Waals surface area contributed by atoms with Crippen molar-refractivity contribution in [3.05, 3.63) is 45.7 Å². The molecule has 158 valence electrons. The van der Waals surface area contributed by atoms with Crippen LogP contribution in [0, 0.1) is 18.3 Å². The number of hydrogen-bond acceptors (Lipinski definition) is 8. The number of aliphatic hydroxyl groups is 1. The normalized spacial score (nSPS) is 11.4. The predicted molar refractivity (Wildman–Crippen MR) is 107 cm³/mol. The number of guanidine groups is 1. The summed E-state index contributed by atoms with van der Waals surface area (Å²) in [6.45, 7) is 1.21. The minimum absolute atomic E-state index is 0.0179. The van der Waals surface area contributed by atoms with Crippen molar-refractivity contribution in [3.8, 4) is 11.9 Å². The van der Waals surface area contributed by atoms with Gasteiger partial charge in [-0.25, -0.2) is 0 Å². The molecular formula is C17H19N7O5S. The third-order valence-electron chi connectivity index (χ3n) is 3.93. The van der Waals surface area contributed by atoms with Gasteiger partial charge in [0.05, 0.1) is 10.6 Å². The predicted octanol–water partition coefficient (Wildman–Crippen LogP) is 0.494. The van der Waals surface area contributed by atoms with Crippen LogP contribution in [0.4, 0.5) is 11.4 Å². The van der Waals surface area contributed by atoms with Crippen LogP contribution in [0.5, 0.6) is 5.88 Å². The lowest BCUT2D eigenvalue weighted by atomic mass is 10.1. The van der Waals surface area contributed by atoms with E-state index in [1.165, 1.54) is 31.2 Å². The first kappa shape index (κ1) is 22.5. The molecule has 0 aliphatic rings. The molecule has 0 spiro atoms. The van der Waals surface area contributed by atoms with E-state index in [0.717, 1.165) is 4.57 Å². The summed E-state index contributed by atoms with van der Waals surface area (Å²) in [6.07, 6.45) is 0.184. The molecular weight excluding hydrogens is 414 g/mol. The van der Waals surface area contributed by atoms with Crippen molar-refractivity contribution in [2.45, 2.75) is 24.8 Å². The quantitative estimate of drug-likeness (QED) is 0.273. The summed E-state index contributed by atoms with van der Waals surface area (Å²) < 4.78 is 28.0. The number of nitriles is 1. The lowest BCUT2D eigenvalue weighted by molar-refractivity contribution is 0.274. The number of aromatic nitrogens is 1. The van der Waals surface area contributed by atoms with Crippen molar-refractivity contribution in [2.75, 3.05) is 6.61 Å². The van der Waals surface area contributed by atoms with E-state index in [2.05, 4.69) is 14.6 Å². The van der Waals surface area contributed by atoms with Gasteiger partial charge in [-0.05, 0) is 37.6 Å². The van der Waals surface area contributed by atoms with Crippen LogP contribution < -0.4 is 17.0 Å². The number of rotatable bonds is 7. The molecule has 0 bridgehead atoms. The van der Waals surface area contributed by atoms with Gasteiger partial charge in [0.1, 0.15) is 11.6 Å². The minimum Gasteiger partial charge on any atom is -0.493 e. The van der Waals surface area contributed by atoms with Gasteiger partial charge in [-0.3, -0.25) is 9.36 Å². The van der Waals surface area contributed by atoms with Crippen LogP contribution in [0.3, 0.4) is 0 Å². The zero-order valence-electron chi connectivity index (χ0n) is 15.8. The van der Waals surface area contributed by atoms with Crippen molar-refractivity contribution in [1.82, 2.24) is 4.57 Å². The molecule has 1 heterocycles. The maximum absolute atomic E-state index is 12.6. The molecule has 0 fully saturated rings. The van der Waals surface area contributed by atoms with Crippen molar-refractivity contribution in [3.63, 3.8) is 0 Å². The molecule has 13 heteroatoms. The third kappa shape index (κ3) is 4.80. The Hall–Kier alpha value is -3.76. The number of hydrogen-bond donors (Lipinski definition) is 4. The first-order valence-corrected chi connectivity index (χ1v) is 9.91. The van der Waals surface area contributed by atoms with Crippen molar-refractivity contribution in [2.24, 2.45) is 26.1 Å². The van der Waals surface area contributed by atoms with Gasteiger partial charge in [-0.15, -0.1) is 9.51 Å². The van der Waals surface area contributed by atoms with Gasteiger partial charge in [-0.1, -0.05) is 0 Å². The largest absolute Gasteiger partial charge is 0.493 e. The summed E-state index contributed by atoms with van der Waals surface area (Å²) in [5.74, 6) is -1.12. The molecule has 6 N–H and O–H groups in total. The highest BCUT2D eigenvalue weighted by molar-refractivity contribution is 7.90. The van der Waals surface area contributed by atoms with Crippen molar-refractivity contribution >= 4 is 27.4 Å². The van der Waals surface area contributed by atoms with E-state index in [4.69, 9.17) is 16.6 Å². The van der Waals surface area contributed by atoms with Crippen molar-refractivity contribution < 1.29 is 18.6 Å². The molecule has 0 unspecified atom stereocenters. The zero-order chi connectivity index (χ0) is 22.5.